The van der Waals surface area contributed by atoms with Crippen LogP contribution < -0.4 is 10.1 Å². The van der Waals surface area contributed by atoms with E-state index >= 15 is 0 Å². The first-order valence-corrected chi connectivity index (χ1v) is 9.96. The number of benzene rings is 1. The molecule has 1 aromatic carbocycles. The fourth-order valence-corrected chi connectivity index (χ4v) is 3.01. The number of halogens is 1. The van der Waals surface area contributed by atoms with Crippen LogP contribution in [0.5, 0.6) is 5.75 Å². The molecule has 150 valence electrons. The normalized spacial score (nSPS) is 10.8. The van der Waals surface area contributed by atoms with Gasteiger partial charge in [-0.05, 0) is 42.3 Å². The first-order valence-electron chi connectivity index (χ1n) is 9.58. The highest BCUT2D eigenvalue weighted by atomic mass is 35.5. The monoisotopic (exact) mass is 408 g/mol. The van der Waals surface area contributed by atoms with E-state index < -0.39 is 0 Å². The van der Waals surface area contributed by atoms with E-state index in [1.54, 1.807) is 18.5 Å². The number of anilines is 1. The third kappa shape index (κ3) is 6.03. The maximum absolute atomic E-state index is 6.22. The zero-order chi connectivity index (χ0) is 20.6. The standard InChI is InChI=1S/C23H25ClN4O/c1-4-21-23(26-11-10-25-21)27-14-20-7-5-6-19(28-20)13-17-12-18(24)8-9-22(17)29-15-16(2)3/h4-12,16H,1,13-15H2,2-3H3,(H,26,27). The van der Waals surface area contributed by atoms with Crippen LogP contribution in [0.2, 0.25) is 5.02 Å². The van der Waals surface area contributed by atoms with E-state index in [0.29, 0.717) is 36.3 Å². The van der Waals surface area contributed by atoms with Crippen molar-refractivity contribution in [2.24, 2.45) is 5.92 Å². The molecule has 1 N–H and O–H groups in total. The molecule has 0 fully saturated rings. The zero-order valence-electron chi connectivity index (χ0n) is 16.7. The lowest BCUT2D eigenvalue weighted by Crippen LogP contribution is -2.08. The lowest BCUT2D eigenvalue weighted by atomic mass is 10.1. The van der Waals surface area contributed by atoms with E-state index in [2.05, 4.69) is 35.7 Å². The molecule has 3 rings (SSSR count). The van der Waals surface area contributed by atoms with Crippen molar-refractivity contribution < 1.29 is 4.74 Å². The predicted octanol–water partition coefficient (Wildman–Crippen LogP) is 5.41. The number of nitrogens with one attached hydrogen (secondary N) is 1. The van der Waals surface area contributed by atoms with Crippen LogP contribution >= 0.6 is 11.6 Å². The Morgan fingerprint density at radius 1 is 1.14 bits per heavy atom. The summed E-state index contributed by atoms with van der Waals surface area (Å²) in [6.07, 6.45) is 5.61. The third-order valence-corrected chi connectivity index (χ3v) is 4.42. The lowest BCUT2D eigenvalue weighted by molar-refractivity contribution is 0.269. The summed E-state index contributed by atoms with van der Waals surface area (Å²) in [4.78, 5) is 13.3. The largest absolute Gasteiger partial charge is 0.493 e. The van der Waals surface area contributed by atoms with Gasteiger partial charge in [0.25, 0.3) is 0 Å². The van der Waals surface area contributed by atoms with Crippen LogP contribution in [0.15, 0.2) is 55.4 Å². The van der Waals surface area contributed by atoms with E-state index in [1.807, 2.05) is 36.4 Å². The summed E-state index contributed by atoms with van der Waals surface area (Å²) in [5, 5.41) is 3.96. The van der Waals surface area contributed by atoms with E-state index in [-0.39, 0.29) is 0 Å². The topological polar surface area (TPSA) is 59.9 Å². The molecule has 0 spiro atoms. The Hall–Kier alpha value is -2.92. The molecule has 0 aliphatic carbocycles. The molecule has 0 aliphatic rings. The van der Waals surface area contributed by atoms with Crippen LogP contribution in [-0.4, -0.2) is 21.6 Å². The van der Waals surface area contributed by atoms with Crippen LogP contribution in [0, 0.1) is 5.92 Å². The molecule has 0 bridgehead atoms. The minimum absolute atomic E-state index is 0.451. The van der Waals surface area contributed by atoms with Crippen molar-refractivity contribution in [2.75, 3.05) is 11.9 Å². The highest BCUT2D eigenvalue weighted by Gasteiger charge is 2.09. The van der Waals surface area contributed by atoms with Crippen molar-refractivity contribution in [3.05, 3.63) is 83.0 Å². The van der Waals surface area contributed by atoms with Gasteiger partial charge in [0.05, 0.1) is 18.8 Å². The second-order valence-electron chi connectivity index (χ2n) is 7.10. The molecule has 0 unspecified atom stereocenters. The molecule has 29 heavy (non-hydrogen) atoms. The van der Waals surface area contributed by atoms with Gasteiger partial charge in [-0.15, -0.1) is 0 Å². The third-order valence-electron chi connectivity index (χ3n) is 4.19. The zero-order valence-corrected chi connectivity index (χ0v) is 17.5. The molecule has 0 atom stereocenters. The van der Waals surface area contributed by atoms with Gasteiger partial charge in [0.15, 0.2) is 5.82 Å². The molecule has 0 aliphatic heterocycles. The van der Waals surface area contributed by atoms with Crippen molar-refractivity contribution in [1.82, 2.24) is 15.0 Å². The molecule has 0 amide bonds. The van der Waals surface area contributed by atoms with Crippen molar-refractivity contribution in [2.45, 2.75) is 26.8 Å². The molecule has 2 heterocycles. The number of rotatable bonds is 9. The van der Waals surface area contributed by atoms with Gasteiger partial charge < -0.3 is 10.1 Å². The van der Waals surface area contributed by atoms with Gasteiger partial charge in [0.2, 0.25) is 0 Å². The van der Waals surface area contributed by atoms with Crippen molar-refractivity contribution >= 4 is 23.5 Å². The van der Waals surface area contributed by atoms with Crippen molar-refractivity contribution in [1.29, 1.82) is 0 Å². The van der Waals surface area contributed by atoms with Crippen LogP contribution in [0.4, 0.5) is 5.82 Å². The first kappa shape index (κ1) is 20.8. The number of aromatic nitrogens is 3. The molecule has 5 nitrogen and oxygen atoms in total. The van der Waals surface area contributed by atoms with Gasteiger partial charge in [0.1, 0.15) is 11.4 Å². The van der Waals surface area contributed by atoms with Gasteiger partial charge in [-0.1, -0.05) is 38.1 Å². The molecular formula is C23H25ClN4O. The van der Waals surface area contributed by atoms with Crippen LogP contribution in [0.25, 0.3) is 6.08 Å². The summed E-state index contributed by atoms with van der Waals surface area (Å²) >= 11 is 6.22. The molecule has 3 aromatic rings. The molecular weight excluding hydrogens is 384 g/mol. The SMILES string of the molecule is C=Cc1nccnc1NCc1cccc(Cc2cc(Cl)ccc2OCC(C)C)n1. The highest BCUT2D eigenvalue weighted by Crippen LogP contribution is 2.26. The summed E-state index contributed by atoms with van der Waals surface area (Å²) in [7, 11) is 0. The Bertz CT molecular complexity index is 975. The number of pyridine rings is 1. The smallest absolute Gasteiger partial charge is 0.152 e. The number of ether oxygens (including phenoxy) is 1. The minimum atomic E-state index is 0.451. The quantitative estimate of drug-likeness (QED) is 0.513. The van der Waals surface area contributed by atoms with Gasteiger partial charge in [-0.25, -0.2) is 4.98 Å². The Morgan fingerprint density at radius 3 is 2.72 bits per heavy atom. The highest BCUT2D eigenvalue weighted by molar-refractivity contribution is 6.30. The molecule has 0 saturated heterocycles. The Kier molecular flexibility index (Phi) is 7.19. The van der Waals surface area contributed by atoms with Gasteiger partial charge >= 0.3 is 0 Å². The van der Waals surface area contributed by atoms with E-state index in [1.165, 1.54) is 0 Å². The van der Waals surface area contributed by atoms with Crippen LogP contribution in [0.1, 0.15) is 36.5 Å². The fraction of sp³-hybridized carbons (Fsp3) is 0.261. The minimum Gasteiger partial charge on any atom is -0.493 e. The second kappa shape index (κ2) is 10.0. The van der Waals surface area contributed by atoms with E-state index in [0.717, 1.165) is 28.4 Å². The van der Waals surface area contributed by atoms with Crippen molar-refractivity contribution in [3.8, 4) is 5.75 Å². The average Bonchev–Trinajstić information content (AvgIpc) is 2.72. The fourth-order valence-electron chi connectivity index (χ4n) is 2.81. The summed E-state index contributed by atoms with van der Waals surface area (Å²) < 4.78 is 5.96. The Balaban J connectivity index is 1.73. The predicted molar refractivity (Wildman–Crippen MR) is 118 cm³/mol. The number of hydrogen-bond donors (Lipinski definition) is 1. The van der Waals surface area contributed by atoms with Gasteiger partial charge in [-0.2, -0.15) is 0 Å². The Labute approximate surface area is 176 Å². The summed E-state index contributed by atoms with van der Waals surface area (Å²) in [5.41, 5.74) is 3.60. The molecule has 2 aromatic heterocycles. The average molecular weight is 409 g/mol. The molecule has 0 radical (unpaired) electrons. The summed E-state index contributed by atoms with van der Waals surface area (Å²) in [6.45, 7) is 9.23. The van der Waals surface area contributed by atoms with Crippen LogP contribution in [-0.2, 0) is 13.0 Å². The lowest BCUT2D eigenvalue weighted by Gasteiger charge is -2.14. The summed E-state index contributed by atoms with van der Waals surface area (Å²) in [6, 6.07) is 11.7. The van der Waals surface area contributed by atoms with Gasteiger partial charge in [-0.3, -0.25) is 9.97 Å². The number of hydrogen-bond acceptors (Lipinski definition) is 5. The summed E-state index contributed by atoms with van der Waals surface area (Å²) in [5.74, 6) is 1.99. The maximum Gasteiger partial charge on any atom is 0.152 e. The van der Waals surface area contributed by atoms with Gasteiger partial charge in [0, 0.05) is 35.1 Å². The van der Waals surface area contributed by atoms with E-state index in [4.69, 9.17) is 21.3 Å². The van der Waals surface area contributed by atoms with Crippen LogP contribution in [0.3, 0.4) is 0 Å². The maximum atomic E-state index is 6.22. The Morgan fingerprint density at radius 2 is 1.93 bits per heavy atom. The first-order chi connectivity index (χ1) is 14.0. The molecule has 0 saturated carbocycles. The number of nitrogens with zero attached hydrogens (tertiary/aromatic N) is 3. The molecule has 6 heteroatoms. The second-order valence-corrected chi connectivity index (χ2v) is 7.54. The van der Waals surface area contributed by atoms with Crippen molar-refractivity contribution in [3.63, 3.8) is 0 Å². The van der Waals surface area contributed by atoms with E-state index in [9.17, 15) is 0 Å².